The number of hydrogen-bond donors (Lipinski definition) is 2. The van der Waals surface area contributed by atoms with Gasteiger partial charge in [-0.05, 0) is 31.5 Å². The molecule has 0 unspecified atom stereocenters. The van der Waals surface area contributed by atoms with E-state index in [2.05, 4.69) is 10.6 Å². The molecule has 0 bridgehead atoms. The van der Waals surface area contributed by atoms with Crippen LogP contribution in [0.15, 0.2) is 30.3 Å². The molecule has 0 radical (unpaired) electrons. The lowest BCUT2D eigenvalue weighted by Crippen LogP contribution is -2.41. The van der Waals surface area contributed by atoms with E-state index in [0.717, 1.165) is 0 Å². The van der Waals surface area contributed by atoms with Crippen molar-refractivity contribution in [3.8, 4) is 11.5 Å². The monoisotopic (exact) mass is 412 g/mol. The van der Waals surface area contributed by atoms with Crippen molar-refractivity contribution in [1.82, 2.24) is 5.32 Å². The van der Waals surface area contributed by atoms with E-state index in [1.807, 2.05) is 13.8 Å². The van der Waals surface area contributed by atoms with Gasteiger partial charge >= 0.3 is 0 Å². The summed E-state index contributed by atoms with van der Waals surface area (Å²) in [6.07, 6.45) is 0. The SMILES string of the molecule is CC(C)(NCC(=O)Nc1cc2c(cc1Cl)OCCO2)c1ccc(F)cc1Cl. The predicted octanol–water partition coefficient (Wildman–Crippen LogP) is 4.37. The predicted molar refractivity (Wildman–Crippen MR) is 104 cm³/mol. The molecule has 2 aromatic carbocycles. The topological polar surface area (TPSA) is 59.6 Å². The average molecular weight is 413 g/mol. The fourth-order valence-corrected chi connectivity index (χ4v) is 3.35. The number of benzene rings is 2. The van der Waals surface area contributed by atoms with Crippen LogP contribution in [0.5, 0.6) is 11.5 Å². The van der Waals surface area contributed by atoms with E-state index in [0.29, 0.717) is 46.0 Å². The molecule has 3 rings (SSSR count). The maximum atomic E-state index is 13.2. The summed E-state index contributed by atoms with van der Waals surface area (Å²) in [5.41, 5.74) is 0.486. The van der Waals surface area contributed by atoms with Gasteiger partial charge in [0.1, 0.15) is 19.0 Å². The van der Waals surface area contributed by atoms with Gasteiger partial charge in [0, 0.05) is 22.7 Å². The largest absolute Gasteiger partial charge is 0.486 e. The molecule has 0 fully saturated rings. The summed E-state index contributed by atoms with van der Waals surface area (Å²) < 4.78 is 24.2. The second-order valence-corrected chi connectivity index (χ2v) is 7.44. The minimum atomic E-state index is -0.640. The van der Waals surface area contributed by atoms with Gasteiger partial charge in [0.15, 0.2) is 11.5 Å². The lowest BCUT2D eigenvalue weighted by atomic mass is 9.94. The fraction of sp³-hybridized carbons (Fsp3) is 0.316. The summed E-state index contributed by atoms with van der Waals surface area (Å²) in [6.45, 7) is 4.62. The van der Waals surface area contributed by atoms with Gasteiger partial charge in [-0.1, -0.05) is 29.3 Å². The molecule has 0 saturated carbocycles. The fourth-order valence-electron chi connectivity index (χ4n) is 2.75. The Morgan fingerprint density at radius 2 is 1.78 bits per heavy atom. The third-order valence-electron chi connectivity index (χ3n) is 4.20. The molecule has 1 aliphatic rings. The molecule has 1 amide bonds. The second kappa shape index (κ2) is 7.92. The van der Waals surface area contributed by atoms with Crippen LogP contribution >= 0.6 is 23.2 Å². The van der Waals surface area contributed by atoms with Crippen molar-refractivity contribution in [2.45, 2.75) is 19.4 Å². The first-order chi connectivity index (χ1) is 12.8. The molecule has 8 heteroatoms. The summed E-state index contributed by atoms with van der Waals surface area (Å²) in [5.74, 6) is 0.382. The number of nitrogens with one attached hydrogen (secondary N) is 2. The molecule has 1 heterocycles. The number of anilines is 1. The third kappa shape index (κ3) is 4.64. The maximum absolute atomic E-state index is 13.2. The van der Waals surface area contributed by atoms with E-state index in [1.54, 1.807) is 18.2 Å². The molecule has 27 heavy (non-hydrogen) atoms. The Morgan fingerprint density at radius 1 is 1.11 bits per heavy atom. The minimum absolute atomic E-state index is 0.00543. The molecule has 2 aromatic rings. The van der Waals surface area contributed by atoms with Gasteiger partial charge in [-0.3, -0.25) is 10.1 Å². The number of carbonyl (C=O) groups excluding carboxylic acids is 1. The Labute approximate surface area is 166 Å². The number of carbonyl (C=O) groups is 1. The molecule has 0 saturated heterocycles. The van der Waals surface area contributed by atoms with E-state index in [4.69, 9.17) is 32.7 Å². The highest BCUT2D eigenvalue weighted by atomic mass is 35.5. The van der Waals surface area contributed by atoms with E-state index < -0.39 is 11.4 Å². The number of hydrogen-bond acceptors (Lipinski definition) is 4. The Hall–Kier alpha value is -2.02. The van der Waals surface area contributed by atoms with E-state index >= 15 is 0 Å². The minimum Gasteiger partial charge on any atom is -0.486 e. The molecule has 144 valence electrons. The van der Waals surface area contributed by atoms with E-state index in [9.17, 15) is 9.18 Å². The Balaban J connectivity index is 1.66. The number of amides is 1. The van der Waals surface area contributed by atoms with E-state index in [-0.39, 0.29) is 12.5 Å². The molecule has 5 nitrogen and oxygen atoms in total. The maximum Gasteiger partial charge on any atom is 0.238 e. The van der Waals surface area contributed by atoms with Crippen molar-refractivity contribution < 1.29 is 18.7 Å². The third-order valence-corrected chi connectivity index (χ3v) is 4.83. The zero-order valence-electron chi connectivity index (χ0n) is 14.9. The zero-order valence-corrected chi connectivity index (χ0v) is 16.4. The zero-order chi connectivity index (χ0) is 19.6. The molecule has 0 spiro atoms. The van der Waals surface area contributed by atoms with Crippen molar-refractivity contribution in [2.75, 3.05) is 25.1 Å². The standard InChI is InChI=1S/C19H19Cl2FN2O3/c1-19(2,12-4-3-11(22)7-13(12)20)23-10-18(25)24-15-9-17-16(8-14(15)21)26-5-6-27-17/h3-4,7-9,23H,5-6,10H2,1-2H3,(H,24,25). The Kier molecular flexibility index (Phi) is 5.79. The normalized spacial score (nSPS) is 13.4. The second-order valence-electron chi connectivity index (χ2n) is 6.63. The lowest BCUT2D eigenvalue weighted by molar-refractivity contribution is -0.115. The highest BCUT2D eigenvalue weighted by molar-refractivity contribution is 6.34. The van der Waals surface area contributed by atoms with Gasteiger partial charge in [-0.2, -0.15) is 0 Å². The summed E-state index contributed by atoms with van der Waals surface area (Å²) in [5, 5.41) is 6.51. The summed E-state index contributed by atoms with van der Waals surface area (Å²) in [7, 11) is 0. The van der Waals surface area contributed by atoms with Crippen molar-refractivity contribution in [3.05, 3.63) is 51.8 Å². The molecule has 0 aromatic heterocycles. The number of halogens is 3. The van der Waals surface area contributed by atoms with Crippen LogP contribution in [0.4, 0.5) is 10.1 Å². The molecule has 0 aliphatic carbocycles. The quantitative estimate of drug-likeness (QED) is 0.765. The van der Waals surface area contributed by atoms with Gasteiger partial charge in [0.2, 0.25) is 5.91 Å². The molecular formula is C19H19Cl2FN2O3. The lowest BCUT2D eigenvalue weighted by Gasteiger charge is -2.28. The number of ether oxygens (including phenoxy) is 2. The number of rotatable bonds is 5. The molecule has 0 atom stereocenters. The first-order valence-corrected chi connectivity index (χ1v) is 9.11. The molecule has 2 N–H and O–H groups in total. The molecule has 1 aliphatic heterocycles. The van der Waals surface area contributed by atoms with Crippen LogP contribution in [-0.2, 0) is 10.3 Å². The Bertz CT molecular complexity index is 874. The van der Waals surface area contributed by atoms with Gasteiger partial charge in [0.05, 0.1) is 17.3 Å². The summed E-state index contributed by atoms with van der Waals surface area (Å²) >= 11 is 12.3. The smallest absolute Gasteiger partial charge is 0.238 e. The molecular weight excluding hydrogens is 394 g/mol. The van der Waals surface area contributed by atoms with Crippen molar-refractivity contribution in [2.24, 2.45) is 0 Å². The average Bonchev–Trinajstić information content (AvgIpc) is 2.60. The highest BCUT2D eigenvalue weighted by Crippen LogP contribution is 2.38. The van der Waals surface area contributed by atoms with Crippen LogP contribution in [0.1, 0.15) is 19.4 Å². The van der Waals surface area contributed by atoms with Crippen molar-refractivity contribution in [3.63, 3.8) is 0 Å². The number of fused-ring (bicyclic) bond motifs is 1. The van der Waals surface area contributed by atoms with Crippen molar-refractivity contribution in [1.29, 1.82) is 0 Å². The van der Waals surface area contributed by atoms with Crippen LogP contribution in [0, 0.1) is 5.82 Å². The van der Waals surface area contributed by atoms with Gasteiger partial charge in [-0.15, -0.1) is 0 Å². The summed E-state index contributed by atoms with van der Waals surface area (Å²) in [6, 6.07) is 7.42. The van der Waals surface area contributed by atoms with E-state index in [1.165, 1.54) is 12.1 Å². The van der Waals surface area contributed by atoms with Crippen LogP contribution < -0.4 is 20.1 Å². The van der Waals surface area contributed by atoms with Crippen molar-refractivity contribution >= 4 is 34.8 Å². The van der Waals surface area contributed by atoms with Crippen LogP contribution in [-0.4, -0.2) is 25.7 Å². The van der Waals surface area contributed by atoms with Crippen LogP contribution in [0.3, 0.4) is 0 Å². The first kappa shape index (κ1) is 19.7. The first-order valence-electron chi connectivity index (χ1n) is 8.36. The Morgan fingerprint density at radius 3 is 2.44 bits per heavy atom. The van der Waals surface area contributed by atoms with Gasteiger partial charge < -0.3 is 14.8 Å². The van der Waals surface area contributed by atoms with Gasteiger partial charge in [0.25, 0.3) is 0 Å². The highest BCUT2D eigenvalue weighted by Gasteiger charge is 2.24. The van der Waals surface area contributed by atoms with Crippen LogP contribution in [0.25, 0.3) is 0 Å². The van der Waals surface area contributed by atoms with Gasteiger partial charge in [-0.25, -0.2) is 4.39 Å². The van der Waals surface area contributed by atoms with Crippen LogP contribution in [0.2, 0.25) is 10.0 Å². The summed E-state index contributed by atoms with van der Waals surface area (Å²) in [4.78, 5) is 12.4.